The Labute approximate surface area is 68.3 Å². The lowest BCUT2D eigenvalue weighted by Crippen LogP contribution is -2.06. The van der Waals surface area contributed by atoms with Crippen molar-refractivity contribution in [3.63, 3.8) is 0 Å². The van der Waals surface area contributed by atoms with Crippen molar-refractivity contribution in [1.82, 2.24) is 4.98 Å². The van der Waals surface area contributed by atoms with E-state index in [2.05, 4.69) is 4.98 Å². The molecule has 0 aliphatic heterocycles. The predicted molar refractivity (Wildman–Crippen MR) is 41.3 cm³/mol. The van der Waals surface area contributed by atoms with Crippen LogP contribution in [-0.4, -0.2) is 16.1 Å². The van der Waals surface area contributed by atoms with Crippen molar-refractivity contribution in [2.45, 2.75) is 0 Å². The summed E-state index contributed by atoms with van der Waals surface area (Å²) in [5.74, 6) is -1.13. The fourth-order valence-corrected chi connectivity index (χ4v) is 0.569. The quantitative estimate of drug-likeness (QED) is 0.653. The van der Waals surface area contributed by atoms with Gasteiger partial charge in [0.25, 0.3) is 0 Å². The first kappa shape index (κ1) is 9.71. The summed E-state index contributed by atoms with van der Waals surface area (Å²) in [4.78, 5) is 23.1. The van der Waals surface area contributed by atoms with Gasteiger partial charge in [-0.25, -0.2) is 4.79 Å². The minimum Gasteiger partial charge on any atom is -0.477 e. The Morgan fingerprint density at radius 2 is 2.18 bits per heavy atom. The predicted octanol–water partition coefficient (Wildman–Crippen LogP) is 0.495. The zero-order chi connectivity index (χ0) is 7.56. The van der Waals surface area contributed by atoms with E-state index in [1.807, 2.05) is 0 Å². The molecule has 5 heteroatoms. The van der Waals surface area contributed by atoms with Gasteiger partial charge in [-0.05, 0) is 0 Å². The molecule has 2 N–H and O–H groups in total. The average molecular weight is 176 g/mol. The summed E-state index contributed by atoms with van der Waals surface area (Å²) in [6.07, 6.45) is 1.30. The Bertz CT molecular complexity index is 307. The third-order valence-electron chi connectivity index (χ3n) is 1.00. The highest BCUT2D eigenvalue weighted by atomic mass is 35.5. The standard InChI is InChI=1S/C6H5NO3.ClH/c8-4-1-2-7-5(3-4)6(9)10;/h1-3H,(H,7,8)(H,9,10);1H. The summed E-state index contributed by atoms with van der Waals surface area (Å²) in [5.41, 5.74) is -0.399. The second-order valence-electron chi connectivity index (χ2n) is 1.74. The van der Waals surface area contributed by atoms with E-state index in [9.17, 15) is 9.59 Å². The fourth-order valence-electron chi connectivity index (χ4n) is 0.569. The third kappa shape index (κ3) is 2.43. The number of rotatable bonds is 1. The van der Waals surface area contributed by atoms with Gasteiger partial charge in [0, 0.05) is 18.3 Å². The number of halogens is 1. The van der Waals surface area contributed by atoms with Crippen molar-refractivity contribution in [1.29, 1.82) is 0 Å². The number of pyridine rings is 1. The molecular weight excluding hydrogens is 170 g/mol. The summed E-state index contributed by atoms with van der Waals surface area (Å²) >= 11 is 0. The molecule has 0 atom stereocenters. The number of carbonyl (C=O) groups is 1. The smallest absolute Gasteiger partial charge is 0.352 e. The monoisotopic (exact) mass is 175 g/mol. The normalized spacial score (nSPS) is 8.36. The van der Waals surface area contributed by atoms with E-state index in [0.717, 1.165) is 6.07 Å². The number of aromatic nitrogens is 1. The van der Waals surface area contributed by atoms with Gasteiger partial charge >= 0.3 is 5.97 Å². The molecule has 1 aromatic rings. The summed E-state index contributed by atoms with van der Waals surface area (Å²) < 4.78 is 0. The molecule has 60 valence electrons. The van der Waals surface area contributed by atoms with Crippen molar-refractivity contribution >= 4 is 18.4 Å². The van der Waals surface area contributed by atoms with Crippen LogP contribution in [0.4, 0.5) is 0 Å². The first-order valence-corrected chi connectivity index (χ1v) is 2.62. The number of aromatic carboxylic acids is 1. The Hall–Kier alpha value is -1.29. The molecule has 0 aromatic carbocycles. The minimum atomic E-state index is -1.13. The van der Waals surface area contributed by atoms with Crippen LogP contribution in [-0.2, 0) is 0 Å². The number of aromatic amines is 1. The lowest BCUT2D eigenvalue weighted by molar-refractivity contribution is 0.0690. The molecule has 11 heavy (non-hydrogen) atoms. The van der Waals surface area contributed by atoms with E-state index in [0.29, 0.717) is 0 Å². The second kappa shape index (κ2) is 3.78. The van der Waals surface area contributed by atoms with Crippen LogP contribution in [0.2, 0.25) is 0 Å². The van der Waals surface area contributed by atoms with E-state index in [1.54, 1.807) is 0 Å². The highest BCUT2D eigenvalue weighted by Crippen LogP contribution is 1.85. The molecule has 0 saturated heterocycles. The van der Waals surface area contributed by atoms with Crippen molar-refractivity contribution in [3.05, 3.63) is 34.2 Å². The van der Waals surface area contributed by atoms with Gasteiger partial charge in [0.2, 0.25) is 0 Å². The van der Waals surface area contributed by atoms with E-state index in [1.165, 1.54) is 12.3 Å². The molecule has 0 unspecified atom stereocenters. The van der Waals surface area contributed by atoms with Gasteiger partial charge in [-0.1, -0.05) is 0 Å². The summed E-state index contributed by atoms with van der Waals surface area (Å²) in [7, 11) is 0. The van der Waals surface area contributed by atoms with Crippen molar-refractivity contribution in [2.75, 3.05) is 0 Å². The van der Waals surface area contributed by atoms with Gasteiger partial charge in [-0.15, -0.1) is 12.4 Å². The molecule has 0 saturated carbocycles. The number of hydrogen-bond donors (Lipinski definition) is 2. The van der Waals surface area contributed by atoms with Crippen LogP contribution in [0.15, 0.2) is 23.1 Å². The largest absolute Gasteiger partial charge is 0.477 e. The van der Waals surface area contributed by atoms with Crippen LogP contribution in [0, 0.1) is 0 Å². The van der Waals surface area contributed by atoms with Gasteiger partial charge in [0.15, 0.2) is 5.43 Å². The van der Waals surface area contributed by atoms with Crippen molar-refractivity contribution < 1.29 is 9.90 Å². The van der Waals surface area contributed by atoms with Crippen LogP contribution < -0.4 is 5.43 Å². The molecule has 0 aliphatic carbocycles. The maximum atomic E-state index is 10.5. The topological polar surface area (TPSA) is 70.2 Å². The van der Waals surface area contributed by atoms with Crippen molar-refractivity contribution in [3.8, 4) is 0 Å². The zero-order valence-electron chi connectivity index (χ0n) is 5.40. The van der Waals surface area contributed by atoms with Crippen LogP contribution in [0.25, 0.3) is 0 Å². The third-order valence-corrected chi connectivity index (χ3v) is 1.00. The maximum absolute atomic E-state index is 10.5. The molecular formula is C6H6ClNO3. The van der Waals surface area contributed by atoms with Crippen LogP contribution in [0.3, 0.4) is 0 Å². The Morgan fingerprint density at radius 1 is 1.55 bits per heavy atom. The maximum Gasteiger partial charge on any atom is 0.352 e. The van der Waals surface area contributed by atoms with E-state index < -0.39 is 5.97 Å². The molecule has 0 spiro atoms. The van der Waals surface area contributed by atoms with Crippen LogP contribution in [0.5, 0.6) is 0 Å². The Kier molecular flexibility index (Phi) is 3.33. The van der Waals surface area contributed by atoms with Gasteiger partial charge in [0.05, 0.1) is 0 Å². The average Bonchev–Trinajstić information content (AvgIpc) is 1.88. The number of carboxylic acid groups (broad SMARTS) is 1. The first-order chi connectivity index (χ1) is 4.70. The van der Waals surface area contributed by atoms with E-state index >= 15 is 0 Å². The van der Waals surface area contributed by atoms with Gasteiger partial charge in [-0.2, -0.15) is 0 Å². The second-order valence-corrected chi connectivity index (χ2v) is 1.74. The van der Waals surface area contributed by atoms with Crippen LogP contribution >= 0.6 is 12.4 Å². The van der Waals surface area contributed by atoms with Crippen LogP contribution in [0.1, 0.15) is 10.5 Å². The Balaban J connectivity index is 0.000001000. The molecule has 4 nitrogen and oxygen atoms in total. The lowest BCUT2D eigenvalue weighted by Gasteiger charge is -1.89. The molecule has 0 amide bonds. The SMILES string of the molecule is Cl.O=C(O)c1cc(=O)cc[nH]1. The summed E-state index contributed by atoms with van der Waals surface area (Å²) in [6, 6.07) is 2.29. The highest BCUT2D eigenvalue weighted by molar-refractivity contribution is 5.85. The molecule has 0 radical (unpaired) electrons. The van der Waals surface area contributed by atoms with Crippen molar-refractivity contribution in [2.24, 2.45) is 0 Å². The van der Waals surface area contributed by atoms with Gasteiger partial charge < -0.3 is 10.1 Å². The minimum absolute atomic E-state index is 0. The molecule has 1 heterocycles. The summed E-state index contributed by atoms with van der Waals surface area (Å²) in [6.45, 7) is 0. The number of H-pyrrole nitrogens is 1. The van der Waals surface area contributed by atoms with E-state index in [4.69, 9.17) is 5.11 Å². The highest BCUT2D eigenvalue weighted by Gasteiger charge is 2.00. The number of hydrogen-bond acceptors (Lipinski definition) is 2. The van der Waals surface area contributed by atoms with Gasteiger partial charge in [0.1, 0.15) is 5.69 Å². The fraction of sp³-hybridized carbons (Fsp3) is 0. The molecule has 1 aromatic heterocycles. The Morgan fingerprint density at radius 3 is 2.55 bits per heavy atom. The van der Waals surface area contributed by atoms with Gasteiger partial charge in [-0.3, -0.25) is 4.79 Å². The molecule has 0 aliphatic rings. The molecule has 1 rings (SSSR count). The lowest BCUT2D eigenvalue weighted by atomic mass is 10.3. The zero-order valence-corrected chi connectivity index (χ0v) is 6.22. The number of carboxylic acids is 1. The number of nitrogens with one attached hydrogen (secondary N) is 1. The van der Waals surface area contributed by atoms with E-state index in [-0.39, 0.29) is 23.5 Å². The molecule has 0 bridgehead atoms. The molecule has 0 fully saturated rings. The summed E-state index contributed by atoms with van der Waals surface area (Å²) in [5, 5.41) is 8.34. The first-order valence-electron chi connectivity index (χ1n) is 2.62.